The second-order valence-electron chi connectivity index (χ2n) is 4.26. The average molecular weight is 446 g/mol. The Bertz CT molecular complexity index is 658. The molecule has 2 rings (SSSR count). The van der Waals surface area contributed by atoms with Crippen LogP contribution in [-0.4, -0.2) is 13.0 Å². The van der Waals surface area contributed by atoms with Crippen molar-refractivity contribution in [2.45, 2.75) is 6.92 Å². The van der Waals surface area contributed by atoms with Crippen molar-refractivity contribution in [1.29, 1.82) is 0 Å². The first-order valence-electron chi connectivity index (χ1n) is 5.92. The van der Waals surface area contributed by atoms with Crippen LogP contribution in [0.5, 0.6) is 5.75 Å². The minimum atomic E-state index is -0.171. The monoisotopic (exact) mass is 445 g/mol. The molecule has 1 amide bonds. The number of ether oxygens (including phenoxy) is 1. The Morgan fingerprint density at radius 1 is 1.25 bits per heavy atom. The van der Waals surface area contributed by atoms with Gasteiger partial charge in [-0.2, -0.15) is 0 Å². The molecule has 20 heavy (non-hydrogen) atoms. The molecule has 0 radical (unpaired) electrons. The summed E-state index contributed by atoms with van der Waals surface area (Å²) in [5, 5.41) is 2.89. The number of benzene rings is 2. The van der Waals surface area contributed by atoms with E-state index in [4.69, 9.17) is 4.74 Å². The molecule has 0 fully saturated rings. The van der Waals surface area contributed by atoms with Crippen molar-refractivity contribution in [3.63, 3.8) is 0 Å². The number of carbonyl (C=O) groups is 1. The van der Waals surface area contributed by atoms with Crippen molar-refractivity contribution in [3.05, 3.63) is 55.6 Å². The summed E-state index contributed by atoms with van der Waals surface area (Å²) < 4.78 is 6.99. The number of carbonyl (C=O) groups excluding carboxylic acids is 1. The van der Waals surface area contributed by atoms with Crippen molar-refractivity contribution in [2.75, 3.05) is 12.4 Å². The molecule has 5 heteroatoms. The van der Waals surface area contributed by atoms with E-state index in [-0.39, 0.29) is 5.91 Å². The van der Waals surface area contributed by atoms with Gasteiger partial charge < -0.3 is 10.1 Å². The topological polar surface area (TPSA) is 38.3 Å². The van der Waals surface area contributed by atoms with E-state index < -0.39 is 0 Å². The first-order chi connectivity index (χ1) is 9.51. The van der Waals surface area contributed by atoms with Crippen molar-refractivity contribution < 1.29 is 9.53 Å². The summed E-state index contributed by atoms with van der Waals surface area (Å²) in [5.41, 5.74) is 2.51. The van der Waals surface area contributed by atoms with Crippen molar-refractivity contribution in [2.24, 2.45) is 0 Å². The van der Waals surface area contributed by atoms with Crippen LogP contribution < -0.4 is 10.1 Å². The average Bonchev–Trinajstić information content (AvgIpc) is 2.43. The second-order valence-corrected chi connectivity index (χ2v) is 6.28. The van der Waals surface area contributed by atoms with Gasteiger partial charge in [-0.3, -0.25) is 4.79 Å². The van der Waals surface area contributed by atoms with Gasteiger partial charge in [0.25, 0.3) is 5.91 Å². The van der Waals surface area contributed by atoms with Crippen LogP contribution in [0.3, 0.4) is 0 Å². The zero-order valence-corrected chi connectivity index (χ0v) is 14.8. The Labute approximate surface area is 140 Å². The van der Waals surface area contributed by atoms with Crippen LogP contribution in [0.4, 0.5) is 5.69 Å². The maximum atomic E-state index is 12.3. The lowest BCUT2D eigenvalue weighted by Gasteiger charge is -2.09. The SMILES string of the molecule is COc1ccc(Br)c(C(=O)Nc2ccc(C)c(I)c2)c1. The number of hydrogen-bond donors (Lipinski definition) is 1. The van der Waals surface area contributed by atoms with Gasteiger partial charge in [-0.1, -0.05) is 6.07 Å². The number of anilines is 1. The number of hydrogen-bond acceptors (Lipinski definition) is 2. The highest BCUT2D eigenvalue weighted by Crippen LogP contribution is 2.24. The van der Waals surface area contributed by atoms with E-state index in [9.17, 15) is 4.79 Å². The highest BCUT2D eigenvalue weighted by molar-refractivity contribution is 14.1. The highest BCUT2D eigenvalue weighted by atomic mass is 127. The number of nitrogens with one attached hydrogen (secondary N) is 1. The molecule has 0 saturated heterocycles. The Hall–Kier alpha value is -1.08. The molecule has 2 aromatic carbocycles. The van der Waals surface area contributed by atoms with E-state index in [0.717, 1.165) is 13.7 Å². The molecule has 104 valence electrons. The zero-order valence-electron chi connectivity index (χ0n) is 11.0. The van der Waals surface area contributed by atoms with E-state index in [1.165, 1.54) is 5.56 Å². The van der Waals surface area contributed by atoms with E-state index in [1.54, 1.807) is 25.3 Å². The molecule has 0 spiro atoms. The lowest BCUT2D eigenvalue weighted by Crippen LogP contribution is -2.13. The molecule has 0 heterocycles. The summed E-state index contributed by atoms with van der Waals surface area (Å²) in [7, 11) is 1.58. The molecular weight excluding hydrogens is 433 g/mol. The molecule has 1 N–H and O–H groups in total. The van der Waals surface area contributed by atoms with Crippen molar-refractivity contribution >= 4 is 50.1 Å². The Morgan fingerprint density at radius 2 is 2.00 bits per heavy atom. The summed E-state index contributed by atoms with van der Waals surface area (Å²) in [6.07, 6.45) is 0. The third kappa shape index (κ3) is 3.52. The number of rotatable bonds is 3. The summed E-state index contributed by atoms with van der Waals surface area (Å²) >= 11 is 5.63. The van der Waals surface area contributed by atoms with Gasteiger partial charge in [0.2, 0.25) is 0 Å². The van der Waals surface area contributed by atoms with Gasteiger partial charge in [0.15, 0.2) is 0 Å². The van der Waals surface area contributed by atoms with Gasteiger partial charge in [-0.05, 0) is 81.3 Å². The lowest BCUT2D eigenvalue weighted by molar-refractivity contribution is 0.102. The number of methoxy groups -OCH3 is 1. The summed E-state index contributed by atoms with van der Waals surface area (Å²) in [6.45, 7) is 2.03. The molecular formula is C15H13BrINO2. The van der Waals surface area contributed by atoms with Crippen LogP contribution in [0.2, 0.25) is 0 Å². The van der Waals surface area contributed by atoms with Crippen LogP contribution in [0.15, 0.2) is 40.9 Å². The van der Waals surface area contributed by atoms with Crippen LogP contribution in [0.1, 0.15) is 15.9 Å². The van der Waals surface area contributed by atoms with Crippen LogP contribution in [0, 0.1) is 10.5 Å². The molecule has 3 nitrogen and oxygen atoms in total. The molecule has 0 unspecified atom stereocenters. The van der Waals surface area contributed by atoms with E-state index in [0.29, 0.717) is 11.3 Å². The van der Waals surface area contributed by atoms with Crippen LogP contribution >= 0.6 is 38.5 Å². The Balaban J connectivity index is 2.25. The normalized spacial score (nSPS) is 10.2. The molecule has 0 aromatic heterocycles. The van der Waals surface area contributed by atoms with Crippen LogP contribution in [-0.2, 0) is 0 Å². The number of halogens is 2. The molecule has 0 aliphatic heterocycles. The van der Waals surface area contributed by atoms with Gasteiger partial charge in [0.1, 0.15) is 5.75 Å². The minimum Gasteiger partial charge on any atom is -0.497 e. The summed E-state index contributed by atoms with van der Waals surface area (Å²) in [4.78, 5) is 12.3. The fourth-order valence-corrected chi connectivity index (χ4v) is 2.62. The third-order valence-corrected chi connectivity index (χ3v) is 4.70. The Morgan fingerprint density at radius 3 is 2.65 bits per heavy atom. The standard InChI is InChI=1S/C15H13BrINO2/c1-9-3-4-10(7-14(9)17)18-15(19)12-8-11(20-2)5-6-13(12)16/h3-8H,1-2H3,(H,18,19). The lowest BCUT2D eigenvalue weighted by atomic mass is 10.2. The maximum absolute atomic E-state index is 12.3. The van der Waals surface area contributed by atoms with Crippen LogP contribution in [0.25, 0.3) is 0 Å². The fourth-order valence-electron chi connectivity index (χ4n) is 1.67. The van der Waals surface area contributed by atoms with E-state index in [2.05, 4.69) is 43.8 Å². The van der Waals surface area contributed by atoms with Gasteiger partial charge >= 0.3 is 0 Å². The quantitative estimate of drug-likeness (QED) is 0.700. The smallest absolute Gasteiger partial charge is 0.256 e. The predicted molar refractivity (Wildman–Crippen MR) is 92.5 cm³/mol. The molecule has 0 aliphatic carbocycles. The van der Waals surface area contributed by atoms with E-state index in [1.807, 2.05) is 25.1 Å². The highest BCUT2D eigenvalue weighted by Gasteiger charge is 2.12. The van der Waals surface area contributed by atoms with Crippen molar-refractivity contribution in [3.8, 4) is 5.75 Å². The van der Waals surface area contributed by atoms with Gasteiger partial charge in [0, 0.05) is 13.7 Å². The predicted octanol–water partition coefficient (Wildman–Crippen LogP) is 4.62. The number of amides is 1. The fraction of sp³-hybridized carbons (Fsp3) is 0.133. The summed E-state index contributed by atoms with van der Waals surface area (Å²) in [6, 6.07) is 11.1. The minimum absolute atomic E-state index is 0.171. The van der Waals surface area contributed by atoms with E-state index >= 15 is 0 Å². The third-order valence-electron chi connectivity index (χ3n) is 2.85. The molecule has 0 saturated carbocycles. The zero-order chi connectivity index (χ0) is 14.7. The largest absolute Gasteiger partial charge is 0.497 e. The van der Waals surface area contributed by atoms with Gasteiger partial charge in [-0.15, -0.1) is 0 Å². The Kier molecular flexibility index (Phi) is 5.04. The molecule has 0 bridgehead atoms. The summed E-state index contributed by atoms with van der Waals surface area (Å²) in [5.74, 6) is 0.479. The molecule has 0 atom stereocenters. The number of aryl methyl sites for hydroxylation is 1. The first kappa shape index (κ1) is 15.3. The van der Waals surface area contributed by atoms with Crippen molar-refractivity contribution in [1.82, 2.24) is 0 Å². The maximum Gasteiger partial charge on any atom is 0.256 e. The molecule has 0 aliphatic rings. The second kappa shape index (κ2) is 6.58. The van der Waals surface area contributed by atoms with Gasteiger partial charge in [0.05, 0.1) is 12.7 Å². The molecule has 2 aromatic rings. The first-order valence-corrected chi connectivity index (χ1v) is 7.79. The van der Waals surface area contributed by atoms with Gasteiger partial charge in [-0.25, -0.2) is 0 Å².